The average molecular weight is 230 g/mol. The van der Waals surface area contributed by atoms with E-state index in [9.17, 15) is 0 Å². The number of fused-ring (bicyclic) bond motifs is 1. The van der Waals surface area contributed by atoms with E-state index in [0.29, 0.717) is 0 Å². The van der Waals surface area contributed by atoms with Crippen LogP contribution in [0.4, 0.5) is 0 Å². The van der Waals surface area contributed by atoms with Gasteiger partial charge in [-0.1, -0.05) is 25.8 Å². The number of benzene rings is 1. The van der Waals surface area contributed by atoms with Crippen molar-refractivity contribution in [2.24, 2.45) is 5.73 Å². The predicted octanol–water partition coefficient (Wildman–Crippen LogP) is 3.33. The third-order valence-electron chi connectivity index (χ3n) is 3.27. The van der Waals surface area contributed by atoms with Gasteiger partial charge in [-0.05, 0) is 48.5 Å². The molecule has 1 aromatic heterocycles. The maximum atomic E-state index is 5.59. The van der Waals surface area contributed by atoms with Crippen LogP contribution in [0.15, 0.2) is 30.5 Å². The Morgan fingerprint density at radius 1 is 1.18 bits per heavy atom. The van der Waals surface area contributed by atoms with E-state index in [1.54, 1.807) is 0 Å². The zero-order chi connectivity index (χ0) is 12.1. The third kappa shape index (κ3) is 2.89. The quantitative estimate of drug-likeness (QED) is 0.758. The third-order valence-corrected chi connectivity index (χ3v) is 3.27. The first-order valence-corrected chi connectivity index (χ1v) is 6.63. The number of hydrogen-bond acceptors (Lipinski definition) is 1. The highest BCUT2D eigenvalue weighted by molar-refractivity contribution is 5.80. The number of nitrogens with two attached hydrogens (primary N) is 1. The van der Waals surface area contributed by atoms with Gasteiger partial charge < -0.3 is 10.3 Å². The van der Waals surface area contributed by atoms with Crippen molar-refractivity contribution in [3.8, 4) is 0 Å². The fraction of sp³-hybridized carbons (Fsp3) is 0.467. The summed E-state index contributed by atoms with van der Waals surface area (Å²) in [6.07, 6.45) is 7.03. The highest BCUT2D eigenvalue weighted by atomic mass is 14.9. The van der Waals surface area contributed by atoms with E-state index in [4.69, 9.17) is 5.73 Å². The molecular formula is C15H22N2. The minimum absolute atomic E-state index is 0.725. The zero-order valence-electron chi connectivity index (χ0n) is 10.7. The van der Waals surface area contributed by atoms with Crippen molar-refractivity contribution in [1.82, 2.24) is 4.57 Å². The van der Waals surface area contributed by atoms with Crippen LogP contribution in [0.2, 0.25) is 0 Å². The summed E-state index contributed by atoms with van der Waals surface area (Å²) in [4.78, 5) is 0. The van der Waals surface area contributed by atoms with Gasteiger partial charge in [-0.2, -0.15) is 0 Å². The van der Waals surface area contributed by atoms with E-state index >= 15 is 0 Å². The molecule has 0 saturated carbocycles. The van der Waals surface area contributed by atoms with Crippen LogP contribution < -0.4 is 5.73 Å². The van der Waals surface area contributed by atoms with Crippen molar-refractivity contribution in [2.75, 3.05) is 6.54 Å². The van der Waals surface area contributed by atoms with Gasteiger partial charge >= 0.3 is 0 Å². The molecule has 0 radical (unpaired) electrons. The van der Waals surface area contributed by atoms with Crippen LogP contribution in [0.1, 0.15) is 31.7 Å². The molecule has 17 heavy (non-hydrogen) atoms. The molecule has 2 aromatic rings. The monoisotopic (exact) mass is 230 g/mol. The lowest BCUT2D eigenvalue weighted by Gasteiger charge is -2.05. The Hall–Kier alpha value is -1.28. The summed E-state index contributed by atoms with van der Waals surface area (Å²) in [6.45, 7) is 4.10. The molecule has 2 nitrogen and oxygen atoms in total. The van der Waals surface area contributed by atoms with Crippen LogP contribution in [-0.2, 0) is 13.0 Å². The maximum Gasteiger partial charge on any atom is 0.0480 e. The van der Waals surface area contributed by atoms with Crippen LogP contribution in [0.5, 0.6) is 0 Å². The Morgan fingerprint density at radius 2 is 2.06 bits per heavy atom. The highest BCUT2D eigenvalue weighted by Gasteiger charge is 2.01. The Kier molecular flexibility index (Phi) is 4.21. The Balaban J connectivity index is 2.16. The molecule has 2 N–H and O–H groups in total. The van der Waals surface area contributed by atoms with E-state index in [1.807, 2.05) is 0 Å². The molecule has 2 rings (SSSR count). The van der Waals surface area contributed by atoms with Crippen molar-refractivity contribution < 1.29 is 0 Å². The summed E-state index contributed by atoms with van der Waals surface area (Å²) in [5.74, 6) is 0. The molecule has 92 valence electrons. The summed E-state index contributed by atoms with van der Waals surface area (Å²) in [5, 5.41) is 1.34. The number of aryl methyl sites for hydroxylation is 1. The summed E-state index contributed by atoms with van der Waals surface area (Å²) in [6, 6.07) is 8.90. The molecular weight excluding hydrogens is 208 g/mol. The summed E-state index contributed by atoms with van der Waals surface area (Å²) in [7, 11) is 0. The molecule has 0 aliphatic heterocycles. The molecule has 0 atom stereocenters. The van der Waals surface area contributed by atoms with E-state index in [2.05, 4.69) is 42.0 Å². The largest absolute Gasteiger partial charge is 0.347 e. The van der Waals surface area contributed by atoms with Crippen molar-refractivity contribution in [3.63, 3.8) is 0 Å². The number of rotatable bonds is 6. The highest BCUT2D eigenvalue weighted by Crippen LogP contribution is 2.18. The molecule has 0 amide bonds. The Labute approximate surface area is 103 Å². The number of nitrogens with zero attached hydrogens (tertiary/aromatic N) is 1. The van der Waals surface area contributed by atoms with E-state index < -0.39 is 0 Å². The summed E-state index contributed by atoms with van der Waals surface area (Å²) < 4.78 is 2.36. The standard InChI is InChI=1S/C15H22N2/c1-2-3-4-10-17-11-8-14-12-13(7-9-16)5-6-15(14)17/h5-6,8,11-12H,2-4,7,9-10,16H2,1H3. The van der Waals surface area contributed by atoms with Crippen LogP contribution >= 0.6 is 0 Å². The van der Waals surface area contributed by atoms with Crippen LogP contribution in [0, 0.1) is 0 Å². The van der Waals surface area contributed by atoms with Crippen molar-refractivity contribution >= 4 is 10.9 Å². The molecule has 2 heteroatoms. The van der Waals surface area contributed by atoms with Gasteiger partial charge in [-0.3, -0.25) is 0 Å². The lowest BCUT2D eigenvalue weighted by Crippen LogP contribution is -2.02. The first-order valence-electron chi connectivity index (χ1n) is 6.63. The van der Waals surface area contributed by atoms with Crippen molar-refractivity contribution in [2.45, 2.75) is 39.2 Å². The molecule has 1 heterocycles. The molecule has 0 spiro atoms. The molecule has 0 fully saturated rings. The maximum absolute atomic E-state index is 5.59. The minimum Gasteiger partial charge on any atom is -0.347 e. The van der Waals surface area contributed by atoms with E-state index in [1.165, 1.54) is 35.7 Å². The Morgan fingerprint density at radius 3 is 2.82 bits per heavy atom. The van der Waals surface area contributed by atoms with Gasteiger partial charge in [-0.15, -0.1) is 0 Å². The number of hydrogen-bond donors (Lipinski definition) is 1. The zero-order valence-corrected chi connectivity index (χ0v) is 10.7. The van der Waals surface area contributed by atoms with E-state index in [0.717, 1.165) is 19.5 Å². The normalized spacial score (nSPS) is 11.2. The van der Waals surface area contributed by atoms with Gasteiger partial charge in [0.2, 0.25) is 0 Å². The predicted molar refractivity (Wildman–Crippen MR) is 74.2 cm³/mol. The minimum atomic E-state index is 0.725. The molecule has 0 aliphatic carbocycles. The van der Waals surface area contributed by atoms with Gasteiger partial charge in [-0.25, -0.2) is 0 Å². The van der Waals surface area contributed by atoms with Crippen LogP contribution in [0.25, 0.3) is 10.9 Å². The lowest BCUT2D eigenvalue weighted by molar-refractivity contribution is 0.616. The second kappa shape index (κ2) is 5.87. The van der Waals surface area contributed by atoms with E-state index in [-0.39, 0.29) is 0 Å². The van der Waals surface area contributed by atoms with Crippen molar-refractivity contribution in [3.05, 3.63) is 36.0 Å². The van der Waals surface area contributed by atoms with Gasteiger partial charge in [0.05, 0.1) is 0 Å². The average Bonchev–Trinajstić information content (AvgIpc) is 2.73. The topological polar surface area (TPSA) is 30.9 Å². The van der Waals surface area contributed by atoms with Crippen LogP contribution in [-0.4, -0.2) is 11.1 Å². The van der Waals surface area contributed by atoms with Gasteiger partial charge in [0.1, 0.15) is 0 Å². The first-order chi connectivity index (χ1) is 8.35. The number of unbranched alkanes of at least 4 members (excludes halogenated alkanes) is 2. The molecule has 0 saturated heterocycles. The van der Waals surface area contributed by atoms with Gasteiger partial charge in [0.15, 0.2) is 0 Å². The SMILES string of the molecule is CCCCCn1ccc2cc(CCN)ccc21. The summed E-state index contributed by atoms with van der Waals surface area (Å²) in [5.41, 5.74) is 8.27. The molecule has 0 aliphatic rings. The first kappa shape index (κ1) is 12.2. The van der Waals surface area contributed by atoms with Gasteiger partial charge in [0, 0.05) is 18.3 Å². The van der Waals surface area contributed by atoms with Crippen LogP contribution in [0.3, 0.4) is 0 Å². The fourth-order valence-corrected chi connectivity index (χ4v) is 2.30. The molecule has 0 bridgehead atoms. The summed E-state index contributed by atoms with van der Waals surface area (Å²) >= 11 is 0. The molecule has 1 aromatic carbocycles. The lowest BCUT2D eigenvalue weighted by atomic mass is 10.1. The second-order valence-corrected chi connectivity index (χ2v) is 4.65. The van der Waals surface area contributed by atoms with Gasteiger partial charge in [0.25, 0.3) is 0 Å². The Bertz CT molecular complexity index is 471. The fourth-order valence-electron chi connectivity index (χ4n) is 2.30. The smallest absolute Gasteiger partial charge is 0.0480 e. The number of aromatic nitrogens is 1. The van der Waals surface area contributed by atoms with Crippen molar-refractivity contribution in [1.29, 1.82) is 0 Å². The second-order valence-electron chi connectivity index (χ2n) is 4.65. The molecule has 0 unspecified atom stereocenters.